The summed E-state index contributed by atoms with van der Waals surface area (Å²) in [7, 11) is 1.77. The summed E-state index contributed by atoms with van der Waals surface area (Å²) in [6.07, 6.45) is 2.60. The van der Waals surface area contributed by atoms with Gasteiger partial charge in [-0.2, -0.15) is 0 Å². The fourth-order valence-corrected chi connectivity index (χ4v) is 3.04. The summed E-state index contributed by atoms with van der Waals surface area (Å²) >= 11 is 12.1. The zero-order valence-electron chi connectivity index (χ0n) is 11.7. The van der Waals surface area contributed by atoms with E-state index in [1.54, 1.807) is 13.2 Å². The Kier molecular flexibility index (Phi) is 6.12. The van der Waals surface area contributed by atoms with E-state index in [4.69, 9.17) is 27.9 Å². The lowest BCUT2D eigenvalue weighted by atomic mass is 10.0. The number of aliphatic hydroxyl groups excluding tert-OH is 1. The van der Waals surface area contributed by atoms with E-state index in [2.05, 4.69) is 4.90 Å². The van der Waals surface area contributed by atoms with Gasteiger partial charge in [0.25, 0.3) is 0 Å². The van der Waals surface area contributed by atoms with Gasteiger partial charge in [0.1, 0.15) is 0 Å². The third-order valence-corrected chi connectivity index (χ3v) is 4.76. The summed E-state index contributed by atoms with van der Waals surface area (Å²) in [5, 5.41) is 11.2. The predicted octanol–water partition coefficient (Wildman–Crippen LogP) is 3.53. The quantitative estimate of drug-likeness (QED) is 0.901. The lowest BCUT2D eigenvalue weighted by Crippen LogP contribution is -2.37. The molecule has 1 aromatic rings. The molecule has 1 aliphatic rings. The van der Waals surface area contributed by atoms with Gasteiger partial charge in [-0.05, 0) is 25.3 Å². The second-order valence-electron chi connectivity index (χ2n) is 5.22. The van der Waals surface area contributed by atoms with Crippen LogP contribution in [-0.4, -0.2) is 42.9 Å². The Hall–Kier alpha value is -0.320. The molecule has 1 heterocycles. The van der Waals surface area contributed by atoms with Crippen LogP contribution in [0.2, 0.25) is 10.0 Å². The highest BCUT2D eigenvalue weighted by atomic mass is 35.5. The second-order valence-corrected chi connectivity index (χ2v) is 6.01. The van der Waals surface area contributed by atoms with Crippen LogP contribution in [0, 0.1) is 0 Å². The van der Waals surface area contributed by atoms with Gasteiger partial charge in [0.15, 0.2) is 0 Å². The van der Waals surface area contributed by atoms with Crippen molar-refractivity contribution in [2.24, 2.45) is 0 Å². The number of likely N-dealkylation sites (tertiary alicyclic amines) is 1. The largest absolute Gasteiger partial charge is 0.388 e. The molecular formula is C15H21Cl2NO2. The van der Waals surface area contributed by atoms with E-state index < -0.39 is 6.10 Å². The molecule has 0 amide bonds. The molecule has 1 fully saturated rings. The van der Waals surface area contributed by atoms with Crippen LogP contribution >= 0.6 is 23.2 Å². The fraction of sp³-hybridized carbons (Fsp3) is 0.600. The van der Waals surface area contributed by atoms with Crippen molar-refractivity contribution in [2.75, 3.05) is 26.7 Å². The molecule has 1 atom stereocenters. The van der Waals surface area contributed by atoms with Crippen molar-refractivity contribution in [1.29, 1.82) is 0 Å². The number of aliphatic hydroxyl groups is 1. The van der Waals surface area contributed by atoms with E-state index in [0.29, 0.717) is 28.1 Å². The number of piperidine rings is 1. The summed E-state index contributed by atoms with van der Waals surface area (Å²) < 4.78 is 5.36. The van der Waals surface area contributed by atoms with Crippen molar-refractivity contribution in [3.8, 4) is 0 Å². The average Bonchev–Trinajstić information content (AvgIpc) is 2.48. The first-order valence-electron chi connectivity index (χ1n) is 6.99. The summed E-state index contributed by atoms with van der Waals surface area (Å²) in [6.45, 7) is 2.91. The maximum Gasteiger partial charge on any atom is 0.0817 e. The molecule has 1 aliphatic heterocycles. The fourth-order valence-electron chi connectivity index (χ4n) is 2.61. The minimum Gasteiger partial charge on any atom is -0.388 e. The van der Waals surface area contributed by atoms with Crippen LogP contribution in [-0.2, 0) is 4.74 Å². The van der Waals surface area contributed by atoms with Gasteiger partial charge in [-0.15, -0.1) is 0 Å². The van der Waals surface area contributed by atoms with Crippen molar-refractivity contribution in [1.82, 2.24) is 4.90 Å². The highest BCUT2D eigenvalue weighted by molar-refractivity contribution is 6.42. The number of rotatable bonds is 5. The zero-order chi connectivity index (χ0) is 14.5. The molecule has 1 unspecified atom stereocenters. The molecule has 0 spiro atoms. The van der Waals surface area contributed by atoms with Crippen molar-refractivity contribution in [2.45, 2.75) is 31.5 Å². The van der Waals surface area contributed by atoms with Gasteiger partial charge in [0.2, 0.25) is 0 Å². The molecule has 0 saturated carbocycles. The van der Waals surface area contributed by atoms with Gasteiger partial charge in [-0.3, -0.25) is 0 Å². The second kappa shape index (κ2) is 7.62. The lowest BCUT2D eigenvalue weighted by Gasteiger charge is -2.31. The number of methoxy groups -OCH3 is 1. The molecule has 0 aromatic heterocycles. The third kappa shape index (κ3) is 4.09. The molecule has 1 saturated heterocycles. The standard InChI is InChI=1S/C15H21Cl2NO2/c1-20-11-5-8-18(9-6-11)10-7-14(19)12-3-2-4-13(16)15(12)17/h2-4,11,14,19H,5-10H2,1H3. The highest BCUT2D eigenvalue weighted by Gasteiger charge is 2.20. The van der Waals surface area contributed by atoms with E-state index in [9.17, 15) is 5.11 Å². The third-order valence-electron chi connectivity index (χ3n) is 3.93. The lowest BCUT2D eigenvalue weighted by molar-refractivity contribution is 0.0361. The van der Waals surface area contributed by atoms with Crippen molar-refractivity contribution >= 4 is 23.2 Å². The monoisotopic (exact) mass is 317 g/mol. The smallest absolute Gasteiger partial charge is 0.0817 e. The Morgan fingerprint density at radius 2 is 2.05 bits per heavy atom. The maximum absolute atomic E-state index is 10.3. The van der Waals surface area contributed by atoms with Crippen LogP contribution in [0.1, 0.15) is 30.9 Å². The Bertz CT molecular complexity index is 434. The summed E-state index contributed by atoms with van der Waals surface area (Å²) in [6, 6.07) is 5.38. The van der Waals surface area contributed by atoms with Crippen molar-refractivity contribution < 1.29 is 9.84 Å². The number of benzene rings is 1. The molecule has 1 aromatic carbocycles. The Morgan fingerprint density at radius 3 is 2.70 bits per heavy atom. The van der Waals surface area contributed by atoms with Crippen LogP contribution in [0.4, 0.5) is 0 Å². The summed E-state index contributed by atoms with van der Waals surface area (Å²) in [5.41, 5.74) is 0.714. The Labute approximate surface area is 130 Å². The number of nitrogens with zero attached hydrogens (tertiary/aromatic N) is 1. The van der Waals surface area contributed by atoms with E-state index in [1.807, 2.05) is 12.1 Å². The highest BCUT2D eigenvalue weighted by Crippen LogP contribution is 2.31. The topological polar surface area (TPSA) is 32.7 Å². The first-order chi connectivity index (χ1) is 9.61. The van der Waals surface area contributed by atoms with E-state index in [0.717, 1.165) is 32.5 Å². The van der Waals surface area contributed by atoms with Gasteiger partial charge in [0.05, 0.1) is 22.3 Å². The van der Waals surface area contributed by atoms with Gasteiger partial charge in [-0.1, -0.05) is 35.3 Å². The molecule has 0 bridgehead atoms. The summed E-state index contributed by atoms with van der Waals surface area (Å²) in [5.74, 6) is 0. The molecule has 112 valence electrons. The van der Waals surface area contributed by atoms with Crippen LogP contribution in [0.5, 0.6) is 0 Å². The number of hydrogen-bond donors (Lipinski definition) is 1. The van der Waals surface area contributed by atoms with Crippen LogP contribution in [0.25, 0.3) is 0 Å². The predicted molar refractivity (Wildman–Crippen MR) is 82.5 cm³/mol. The average molecular weight is 318 g/mol. The van der Waals surface area contributed by atoms with Crippen molar-refractivity contribution in [3.05, 3.63) is 33.8 Å². The molecule has 0 aliphatic carbocycles. The number of halogens is 2. The van der Waals surface area contributed by atoms with E-state index in [-0.39, 0.29) is 0 Å². The van der Waals surface area contributed by atoms with Crippen molar-refractivity contribution in [3.63, 3.8) is 0 Å². The molecular weight excluding hydrogens is 297 g/mol. The number of ether oxygens (including phenoxy) is 1. The van der Waals surface area contributed by atoms with E-state index in [1.165, 1.54) is 0 Å². The molecule has 5 heteroatoms. The minimum absolute atomic E-state index is 0.388. The Morgan fingerprint density at radius 1 is 1.35 bits per heavy atom. The maximum atomic E-state index is 10.3. The number of hydrogen-bond acceptors (Lipinski definition) is 3. The first kappa shape index (κ1) is 16.1. The SMILES string of the molecule is COC1CCN(CCC(O)c2cccc(Cl)c2Cl)CC1. The molecule has 1 N–H and O–H groups in total. The van der Waals surface area contributed by atoms with Crippen LogP contribution in [0.15, 0.2) is 18.2 Å². The molecule has 3 nitrogen and oxygen atoms in total. The minimum atomic E-state index is -0.568. The van der Waals surface area contributed by atoms with Crippen LogP contribution < -0.4 is 0 Å². The summed E-state index contributed by atoms with van der Waals surface area (Å²) in [4.78, 5) is 2.36. The zero-order valence-corrected chi connectivity index (χ0v) is 13.2. The molecule has 0 radical (unpaired) electrons. The molecule has 20 heavy (non-hydrogen) atoms. The van der Waals surface area contributed by atoms with Gasteiger partial charge < -0.3 is 14.7 Å². The first-order valence-corrected chi connectivity index (χ1v) is 7.74. The Balaban J connectivity index is 1.83. The molecule has 2 rings (SSSR count). The van der Waals surface area contributed by atoms with Gasteiger partial charge >= 0.3 is 0 Å². The van der Waals surface area contributed by atoms with Crippen LogP contribution in [0.3, 0.4) is 0 Å². The van der Waals surface area contributed by atoms with Gasteiger partial charge in [-0.25, -0.2) is 0 Å². The normalized spacial score (nSPS) is 19.2. The van der Waals surface area contributed by atoms with E-state index >= 15 is 0 Å². The van der Waals surface area contributed by atoms with Gasteiger partial charge in [0, 0.05) is 32.3 Å².